The van der Waals surface area contributed by atoms with E-state index in [-0.39, 0.29) is 18.4 Å². The van der Waals surface area contributed by atoms with E-state index in [9.17, 15) is 9.59 Å². The first-order chi connectivity index (χ1) is 16.1. The summed E-state index contributed by atoms with van der Waals surface area (Å²) in [5.74, 6) is 0.239. The summed E-state index contributed by atoms with van der Waals surface area (Å²) in [6, 6.07) is 23.4. The molecule has 0 saturated heterocycles. The summed E-state index contributed by atoms with van der Waals surface area (Å²) in [7, 11) is 1.61. The van der Waals surface area contributed by atoms with Crippen LogP contribution in [0, 0.1) is 6.92 Å². The molecular weight excluding hydrogens is 412 g/mol. The fourth-order valence-corrected chi connectivity index (χ4v) is 4.62. The van der Waals surface area contributed by atoms with Gasteiger partial charge >= 0.3 is 0 Å². The van der Waals surface area contributed by atoms with E-state index in [1.54, 1.807) is 7.11 Å². The van der Waals surface area contributed by atoms with E-state index in [1.807, 2.05) is 78.6 Å². The number of rotatable bonds is 5. The average Bonchev–Trinajstić information content (AvgIpc) is 3.09. The van der Waals surface area contributed by atoms with Gasteiger partial charge in [-0.15, -0.1) is 0 Å². The lowest BCUT2D eigenvalue weighted by atomic mass is 9.98. The molecule has 0 fully saturated rings. The molecule has 0 radical (unpaired) electrons. The van der Waals surface area contributed by atoms with Gasteiger partial charge in [-0.3, -0.25) is 14.5 Å². The number of carbonyl (C=O) groups is 2. The van der Waals surface area contributed by atoms with Crippen LogP contribution in [0.2, 0.25) is 0 Å². The fourth-order valence-electron chi connectivity index (χ4n) is 4.62. The standard InChI is InChI=1S/C28H26N2O3/c1-19-9-13-22(14-10-19)25-26(29-17-5-7-21-6-3-4-8-24(21)29)28(32)30(27(25)31)18-20-11-15-23(33-2)16-12-20/h3-4,6,8-16H,5,7,17-18H2,1-2H3. The van der Waals surface area contributed by atoms with Crippen LogP contribution in [-0.2, 0) is 22.6 Å². The highest BCUT2D eigenvalue weighted by molar-refractivity contribution is 6.36. The Labute approximate surface area is 193 Å². The van der Waals surface area contributed by atoms with Gasteiger partial charge in [-0.1, -0.05) is 60.2 Å². The summed E-state index contributed by atoms with van der Waals surface area (Å²) in [4.78, 5) is 30.9. The number of hydrogen-bond donors (Lipinski definition) is 0. The Morgan fingerprint density at radius 1 is 0.879 bits per heavy atom. The molecule has 3 aromatic carbocycles. The van der Waals surface area contributed by atoms with Crippen molar-refractivity contribution in [1.82, 2.24) is 4.90 Å². The highest BCUT2D eigenvalue weighted by Gasteiger charge is 2.42. The molecule has 0 N–H and O–H groups in total. The van der Waals surface area contributed by atoms with Crippen LogP contribution in [0.4, 0.5) is 5.69 Å². The quantitative estimate of drug-likeness (QED) is 0.540. The van der Waals surface area contributed by atoms with Crippen molar-refractivity contribution < 1.29 is 14.3 Å². The molecule has 33 heavy (non-hydrogen) atoms. The number of anilines is 1. The number of aryl methyl sites for hydroxylation is 2. The zero-order chi connectivity index (χ0) is 22.9. The van der Waals surface area contributed by atoms with Crippen LogP contribution in [0.1, 0.15) is 28.7 Å². The Bertz CT molecular complexity index is 1240. The molecule has 2 amide bonds. The first-order valence-electron chi connectivity index (χ1n) is 11.2. The van der Waals surface area contributed by atoms with Crippen molar-refractivity contribution in [2.24, 2.45) is 0 Å². The minimum Gasteiger partial charge on any atom is -0.497 e. The molecule has 5 rings (SSSR count). The predicted molar refractivity (Wildman–Crippen MR) is 129 cm³/mol. The van der Waals surface area contributed by atoms with Crippen LogP contribution >= 0.6 is 0 Å². The van der Waals surface area contributed by atoms with Gasteiger partial charge in [0.25, 0.3) is 11.8 Å². The van der Waals surface area contributed by atoms with E-state index in [4.69, 9.17) is 4.74 Å². The summed E-state index contributed by atoms with van der Waals surface area (Å²) >= 11 is 0. The number of para-hydroxylation sites is 1. The van der Waals surface area contributed by atoms with E-state index < -0.39 is 0 Å². The van der Waals surface area contributed by atoms with Crippen molar-refractivity contribution in [3.63, 3.8) is 0 Å². The van der Waals surface area contributed by atoms with Crippen LogP contribution in [0.5, 0.6) is 5.75 Å². The molecule has 5 nitrogen and oxygen atoms in total. The monoisotopic (exact) mass is 438 g/mol. The summed E-state index contributed by atoms with van der Waals surface area (Å²) < 4.78 is 5.23. The van der Waals surface area contributed by atoms with Gasteiger partial charge in [0.1, 0.15) is 11.4 Å². The minimum absolute atomic E-state index is 0.218. The van der Waals surface area contributed by atoms with Crippen LogP contribution in [-0.4, -0.2) is 30.4 Å². The van der Waals surface area contributed by atoms with Gasteiger partial charge in [0, 0.05) is 12.2 Å². The maximum atomic E-state index is 13.8. The van der Waals surface area contributed by atoms with Gasteiger partial charge in [-0.25, -0.2) is 0 Å². The van der Waals surface area contributed by atoms with Crippen molar-refractivity contribution in [1.29, 1.82) is 0 Å². The lowest BCUT2D eigenvalue weighted by Gasteiger charge is -2.32. The molecule has 0 unspecified atom stereocenters. The second-order valence-electron chi connectivity index (χ2n) is 8.52. The number of amides is 2. The summed E-state index contributed by atoms with van der Waals surface area (Å²) in [5, 5.41) is 0. The summed E-state index contributed by atoms with van der Waals surface area (Å²) in [6.07, 6.45) is 1.90. The second-order valence-corrected chi connectivity index (χ2v) is 8.52. The van der Waals surface area contributed by atoms with Crippen molar-refractivity contribution in [3.05, 3.63) is 101 Å². The zero-order valence-corrected chi connectivity index (χ0v) is 18.9. The molecule has 0 aromatic heterocycles. The summed E-state index contributed by atoms with van der Waals surface area (Å²) in [5.41, 5.74) is 5.92. The Morgan fingerprint density at radius 3 is 2.33 bits per heavy atom. The number of methoxy groups -OCH3 is 1. The third kappa shape index (κ3) is 3.80. The predicted octanol–water partition coefficient (Wildman–Crippen LogP) is 4.74. The molecule has 3 aromatic rings. The number of carbonyl (C=O) groups excluding carboxylic acids is 2. The Kier molecular flexibility index (Phi) is 5.47. The highest BCUT2D eigenvalue weighted by atomic mass is 16.5. The van der Waals surface area contributed by atoms with Gasteiger partial charge < -0.3 is 9.64 Å². The fraction of sp³-hybridized carbons (Fsp3) is 0.214. The second kappa shape index (κ2) is 8.58. The number of fused-ring (bicyclic) bond motifs is 1. The van der Waals surface area contributed by atoms with Gasteiger partial charge in [-0.05, 0) is 54.7 Å². The Hall–Kier alpha value is -3.86. The average molecular weight is 439 g/mol. The molecule has 0 atom stereocenters. The van der Waals surface area contributed by atoms with E-state index in [2.05, 4.69) is 6.07 Å². The Balaban J connectivity index is 1.58. The van der Waals surface area contributed by atoms with Crippen LogP contribution in [0.25, 0.3) is 5.57 Å². The molecule has 5 heteroatoms. The van der Waals surface area contributed by atoms with Crippen molar-refractivity contribution in [2.45, 2.75) is 26.3 Å². The van der Waals surface area contributed by atoms with E-state index in [1.165, 1.54) is 10.5 Å². The SMILES string of the molecule is COc1ccc(CN2C(=O)C(c3ccc(C)cc3)=C(N3CCCc4ccccc43)C2=O)cc1. The largest absolute Gasteiger partial charge is 0.497 e. The third-order valence-electron chi connectivity index (χ3n) is 6.36. The lowest BCUT2D eigenvalue weighted by Crippen LogP contribution is -2.36. The normalized spacial score (nSPS) is 15.8. The maximum Gasteiger partial charge on any atom is 0.278 e. The summed E-state index contributed by atoms with van der Waals surface area (Å²) in [6.45, 7) is 2.94. The van der Waals surface area contributed by atoms with Gasteiger partial charge in [-0.2, -0.15) is 0 Å². The number of imide groups is 1. The van der Waals surface area contributed by atoms with E-state index >= 15 is 0 Å². The van der Waals surface area contributed by atoms with Crippen LogP contribution < -0.4 is 9.64 Å². The van der Waals surface area contributed by atoms with Crippen LogP contribution in [0.15, 0.2) is 78.5 Å². The topological polar surface area (TPSA) is 49.9 Å². The molecule has 2 aliphatic heterocycles. The van der Waals surface area contributed by atoms with Crippen molar-refractivity contribution in [2.75, 3.05) is 18.6 Å². The molecule has 166 valence electrons. The van der Waals surface area contributed by atoms with Crippen LogP contribution in [0.3, 0.4) is 0 Å². The number of ether oxygens (including phenoxy) is 1. The molecule has 2 heterocycles. The van der Waals surface area contributed by atoms with Gasteiger partial charge in [0.05, 0.1) is 19.2 Å². The highest BCUT2D eigenvalue weighted by Crippen LogP contribution is 2.38. The first-order valence-corrected chi connectivity index (χ1v) is 11.2. The van der Waals surface area contributed by atoms with E-state index in [0.29, 0.717) is 17.8 Å². The molecular formula is C28H26N2O3. The lowest BCUT2D eigenvalue weighted by molar-refractivity contribution is -0.137. The van der Waals surface area contributed by atoms with E-state index in [0.717, 1.165) is 41.0 Å². The van der Waals surface area contributed by atoms with Gasteiger partial charge in [0.15, 0.2) is 0 Å². The minimum atomic E-state index is -0.252. The third-order valence-corrected chi connectivity index (χ3v) is 6.36. The van der Waals surface area contributed by atoms with Gasteiger partial charge in [0.2, 0.25) is 0 Å². The zero-order valence-electron chi connectivity index (χ0n) is 18.9. The number of hydrogen-bond acceptors (Lipinski definition) is 4. The van der Waals surface area contributed by atoms with Crippen molar-refractivity contribution in [3.8, 4) is 5.75 Å². The molecule has 0 bridgehead atoms. The molecule has 2 aliphatic rings. The molecule has 0 aliphatic carbocycles. The number of nitrogens with zero attached hydrogens (tertiary/aromatic N) is 2. The first kappa shape index (κ1) is 21.0. The smallest absolute Gasteiger partial charge is 0.278 e. The molecule has 0 spiro atoms. The molecule has 0 saturated carbocycles. The van der Waals surface area contributed by atoms with Crippen molar-refractivity contribution >= 4 is 23.1 Å². The number of benzene rings is 3. The maximum absolute atomic E-state index is 13.8. The Morgan fingerprint density at radius 2 is 1.61 bits per heavy atom.